The summed E-state index contributed by atoms with van der Waals surface area (Å²) in [7, 11) is 1.76. The van der Waals surface area contributed by atoms with Gasteiger partial charge in [-0.15, -0.1) is 11.8 Å². The average molecular weight is 1240 g/mol. The second-order valence-electron chi connectivity index (χ2n) is 22.2. The summed E-state index contributed by atoms with van der Waals surface area (Å²) < 4.78 is 57.6. The summed E-state index contributed by atoms with van der Waals surface area (Å²) in [4.78, 5) is 97.3. The summed E-state index contributed by atoms with van der Waals surface area (Å²) >= 11 is 7.42. The van der Waals surface area contributed by atoms with Gasteiger partial charge in [0.15, 0.2) is 23.2 Å². The van der Waals surface area contributed by atoms with E-state index >= 15 is 0 Å². The van der Waals surface area contributed by atoms with Crippen LogP contribution in [0.2, 0.25) is 5.02 Å². The normalized spacial score (nSPS) is 18.5. The van der Waals surface area contributed by atoms with E-state index in [0.717, 1.165) is 68.1 Å². The van der Waals surface area contributed by atoms with Gasteiger partial charge in [0.05, 0.1) is 92.6 Å². The molecular formula is C63H80ClF2N9O11S. The molecule has 0 aliphatic carbocycles. The third-order valence-corrected chi connectivity index (χ3v) is 17.8. The van der Waals surface area contributed by atoms with Crippen LogP contribution in [0.25, 0.3) is 0 Å². The number of piperidine rings is 1. The van der Waals surface area contributed by atoms with Crippen molar-refractivity contribution in [2.45, 2.75) is 83.5 Å². The summed E-state index contributed by atoms with van der Waals surface area (Å²) in [6.45, 7) is 12.8. The van der Waals surface area contributed by atoms with Crippen LogP contribution in [0.1, 0.15) is 101 Å². The average Bonchev–Trinajstić information content (AvgIpc) is 3.78. The number of pyridine rings is 1. The summed E-state index contributed by atoms with van der Waals surface area (Å²) in [5, 5.41) is 6.36. The molecule has 20 nitrogen and oxygen atoms in total. The Labute approximate surface area is 516 Å². The molecule has 3 saturated heterocycles. The Morgan fingerprint density at radius 2 is 1.40 bits per heavy atom. The first kappa shape index (κ1) is 66.5. The minimum atomic E-state index is -1.16. The van der Waals surface area contributed by atoms with Crippen LogP contribution in [0.4, 0.5) is 20.3 Å². The number of anilines is 2. The first-order valence-electron chi connectivity index (χ1n) is 29.9. The molecule has 4 aromatic rings. The van der Waals surface area contributed by atoms with Crippen molar-refractivity contribution >= 4 is 75.1 Å². The third-order valence-electron chi connectivity index (χ3n) is 16.4. The highest BCUT2D eigenvalue weighted by Gasteiger charge is 2.43. The van der Waals surface area contributed by atoms with Gasteiger partial charge in [-0.25, -0.2) is 13.8 Å². The molecule has 1 unspecified atom stereocenters. The number of aliphatic imine (C=N–C) groups is 1. The molecule has 4 amide bonds. The number of likely N-dealkylation sites (tertiary alicyclic amines) is 2. The van der Waals surface area contributed by atoms with E-state index in [9.17, 15) is 37.5 Å². The van der Waals surface area contributed by atoms with Gasteiger partial charge >= 0.3 is 0 Å². The number of piperazine rings is 1. The molecule has 3 fully saturated rings. The van der Waals surface area contributed by atoms with Crippen molar-refractivity contribution in [2.24, 2.45) is 16.8 Å². The van der Waals surface area contributed by atoms with Crippen molar-refractivity contribution in [3.05, 3.63) is 117 Å². The molecule has 4 N–H and O–H groups in total. The Balaban J connectivity index is 0.641. The number of nitrogens with zero attached hydrogens (tertiary/aromatic N) is 6. The molecule has 0 saturated carbocycles. The van der Waals surface area contributed by atoms with Gasteiger partial charge in [-0.05, 0) is 115 Å². The lowest BCUT2D eigenvalue weighted by atomic mass is 9.79. The van der Waals surface area contributed by atoms with Gasteiger partial charge in [0.2, 0.25) is 11.8 Å². The fourth-order valence-corrected chi connectivity index (χ4v) is 12.4. The zero-order valence-electron chi connectivity index (χ0n) is 49.9. The van der Waals surface area contributed by atoms with Gasteiger partial charge in [-0.3, -0.25) is 33.8 Å². The molecular weight excluding hydrogens is 1160 g/mol. The van der Waals surface area contributed by atoms with Gasteiger partial charge in [-0.2, -0.15) is 0 Å². The fourth-order valence-electron chi connectivity index (χ4n) is 11.1. The zero-order chi connectivity index (χ0) is 62.0. The summed E-state index contributed by atoms with van der Waals surface area (Å²) in [6.07, 6.45) is 3.74. The standard InChI is InChI=1S/C63H80ClF2N9O11S/c1-40-7-9-44(10-8-40)58(78)51-39-87-61(71-51)52-6-5-20-75(52)63(81)48(37-53(76)41(2)68-4)43-17-21-72(22-18-43)27-29-83-31-33-85-35-34-84-32-30-82-28-19-55(77)73-23-25-74(26-24-73)62(80)45-11-13-47(14-12-45)70-60(79)46-36-54(59(67)69-38-46)86-42(3)56-50(65)16-15-49(64)57(56)66/h7-16,36,38,41-43,48,51-52,68H,5-6,17-35,37,39H2,1-4H3,(H2,67,69)(H,70,79)/t41-,42-,48-,51?,52-/m1/s1. The number of aryl methyl sites for hydroxylation is 1. The number of nitrogens with one attached hydrogen (secondary N) is 2. The molecule has 4 aliphatic rings. The van der Waals surface area contributed by atoms with Crippen LogP contribution in [-0.4, -0.2) is 201 Å². The topological polar surface area (TPSA) is 237 Å². The fraction of sp³-hybridized carbons (Fsp3) is 0.524. The van der Waals surface area contributed by atoms with E-state index in [1.807, 2.05) is 43.0 Å². The highest BCUT2D eigenvalue weighted by molar-refractivity contribution is 8.14. The van der Waals surface area contributed by atoms with Crippen molar-refractivity contribution in [2.75, 3.05) is 129 Å². The molecule has 5 heterocycles. The Morgan fingerprint density at radius 3 is 2.07 bits per heavy atom. The number of nitrogen functional groups attached to an aromatic ring is 1. The molecule has 24 heteroatoms. The van der Waals surface area contributed by atoms with Crippen molar-refractivity contribution in [1.82, 2.24) is 29.9 Å². The highest BCUT2D eigenvalue weighted by Crippen LogP contribution is 2.36. The first-order valence-corrected chi connectivity index (χ1v) is 31.2. The minimum absolute atomic E-state index is 0.00367. The zero-order valence-corrected chi connectivity index (χ0v) is 51.5. The van der Waals surface area contributed by atoms with E-state index in [4.69, 9.17) is 46.0 Å². The molecule has 8 rings (SSSR count). The maximum Gasteiger partial charge on any atom is 0.257 e. The van der Waals surface area contributed by atoms with E-state index in [1.165, 1.54) is 19.2 Å². The van der Waals surface area contributed by atoms with E-state index in [0.29, 0.717) is 102 Å². The predicted octanol–water partition coefficient (Wildman–Crippen LogP) is 7.32. The largest absolute Gasteiger partial charge is 0.482 e. The number of ketones is 2. The number of amides is 4. The smallest absolute Gasteiger partial charge is 0.257 e. The van der Waals surface area contributed by atoms with Gasteiger partial charge in [0.1, 0.15) is 23.7 Å². The third kappa shape index (κ3) is 18.3. The number of thioether (sulfide) groups is 1. The first-order chi connectivity index (χ1) is 42.0. The van der Waals surface area contributed by atoms with Crippen LogP contribution < -0.4 is 21.1 Å². The molecule has 0 bridgehead atoms. The van der Waals surface area contributed by atoms with E-state index in [2.05, 4.69) is 20.5 Å². The van der Waals surface area contributed by atoms with E-state index in [-0.39, 0.29) is 88.9 Å². The lowest BCUT2D eigenvalue weighted by Crippen LogP contribution is -2.50. The van der Waals surface area contributed by atoms with Crippen LogP contribution in [0.3, 0.4) is 0 Å². The Morgan fingerprint density at radius 1 is 0.770 bits per heavy atom. The number of carbonyl (C=O) groups excluding carboxylic acids is 6. The number of carbonyl (C=O) groups is 6. The SMILES string of the molecule is CN[C@H](C)C(=O)C[C@@H](C(=O)N1CCC[C@@H]1C1=NC(C(=O)c2ccc(C)cc2)CS1)C1CCN(CCOCCOCCOCCOCCC(=O)N2CCN(C(=O)c3ccc(NC(=O)c4cnc(N)c(O[C@H](C)c5c(F)ccc(Cl)c5F)c4)cc3)CC2)CC1. The lowest BCUT2D eigenvalue weighted by Gasteiger charge is -2.38. The predicted molar refractivity (Wildman–Crippen MR) is 329 cm³/mol. The molecule has 3 aromatic carbocycles. The number of hydrogen-bond acceptors (Lipinski definition) is 17. The molecule has 0 spiro atoms. The molecule has 87 heavy (non-hydrogen) atoms. The van der Waals surface area contributed by atoms with E-state index < -0.39 is 41.2 Å². The Kier molecular flexibility index (Phi) is 25.0. The second-order valence-corrected chi connectivity index (χ2v) is 23.7. The minimum Gasteiger partial charge on any atom is -0.482 e. The number of halogens is 3. The lowest BCUT2D eigenvalue weighted by molar-refractivity contribution is -0.141. The van der Waals surface area contributed by atoms with Crippen molar-refractivity contribution < 1.29 is 61.2 Å². The van der Waals surface area contributed by atoms with Crippen LogP contribution in [-0.2, 0) is 33.3 Å². The number of Topliss-reactive ketones (excluding diaryl/α,β-unsaturated/α-hetero) is 2. The van der Waals surface area contributed by atoms with Crippen molar-refractivity contribution in [3.63, 3.8) is 0 Å². The number of benzene rings is 3. The quantitative estimate of drug-likeness (QED) is 0.0263. The Hall–Kier alpha value is -6.44. The van der Waals surface area contributed by atoms with Crippen LogP contribution >= 0.6 is 23.4 Å². The molecule has 1 aromatic heterocycles. The number of nitrogens with two attached hydrogens (primary N) is 1. The summed E-state index contributed by atoms with van der Waals surface area (Å²) in [6, 6.07) is 16.4. The number of rotatable bonds is 30. The molecule has 4 aliphatic heterocycles. The second kappa shape index (κ2) is 32.7. The van der Waals surface area contributed by atoms with Gasteiger partial charge in [0, 0.05) is 80.4 Å². The molecule has 0 radical (unpaired) electrons. The van der Waals surface area contributed by atoms with Gasteiger partial charge in [-0.1, -0.05) is 41.4 Å². The Bertz CT molecular complexity index is 3040. The van der Waals surface area contributed by atoms with Gasteiger partial charge < -0.3 is 59.7 Å². The number of ether oxygens (including phenoxy) is 5. The maximum absolute atomic E-state index is 14.6. The molecule has 5 atom stereocenters. The summed E-state index contributed by atoms with van der Waals surface area (Å²) in [5.74, 6) is -2.55. The summed E-state index contributed by atoms with van der Waals surface area (Å²) in [5.41, 5.74) is 8.15. The van der Waals surface area contributed by atoms with Crippen LogP contribution in [0.5, 0.6) is 5.75 Å². The molecule has 470 valence electrons. The number of aromatic nitrogens is 1. The number of likely N-dealkylation sites (N-methyl/N-ethyl adjacent to an activating group) is 1. The van der Waals surface area contributed by atoms with Crippen molar-refractivity contribution in [1.29, 1.82) is 0 Å². The van der Waals surface area contributed by atoms with Crippen LogP contribution in [0.15, 0.2) is 77.9 Å². The van der Waals surface area contributed by atoms with Crippen LogP contribution in [0, 0.1) is 30.4 Å². The van der Waals surface area contributed by atoms with Gasteiger partial charge in [0.25, 0.3) is 11.8 Å². The van der Waals surface area contributed by atoms with E-state index in [1.54, 1.807) is 52.9 Å². The number of hydrogen-bond donors (Lipinski definition) is 3. The highest BCUT2D eigenvalue weighted by atomic mass is 35.5. The van der Waals surface area contributed by atoms with Crippen molar-refractivity contribution in [3.8, 4) is 5.75 Å². The monoisotopic (exact) mass is 1240 g/mol. The maximum atomic E-state index is 14.6.